The van der Waals surface area contributed by atoms with Crippen LogP contribution >= 0.6 is 0 Å². The molecule has 0 aromatic heterocycles. The SMILES string of the molecule is NC(O)=[Te].OC(=[Te])N(C1CCCCC1)C1CCCCC1.[NaH]. The summed E-state index contributed by atoms with van der Waals surface area (Å²) >= 11 is 3.16. The Balaban J connectivity index is 0.000000715. The van der Waals surface area contributed by atoms with Crippen LogP contribution in [0.25, 0.3) is 0 Å². The molecule has 0 spiro atoms. The van der Waals surface area contributed by atoms with Gasteiger partial charge in [-0.2, -0.15) is 0 Å². The van der Waals surface area contributed by atoms with E-state index in [2.05, 4.69) is 10.6 Å². The molecule has 2 rings (SSSR count). The second kappa shape index (κ2) is 12.9. The van der Waals surface area contributed by atoms with Crippen molar-refractivity contribution in [3.63, 3.8) is 0 Å². The third kappa shape index (κ3) is 9.41. The molecule has 2 fully saturated rings. The fourth-order valence-corrected chi connectivity index (χ4v) is 4.18. The Morgan fingerprint density at radius 2 is 1.10 bits per heavy atom. The molecule has 0 bridgehead atoms. The van der Waals surface area contributed by atoms with Gasteiger partial charge in [-0.1, -0.05) is 0 Å². The Hall–Kier alpha value is 1.52. The van der Waals surface area contributed by atoms with Gasteiger partial charge < -0.3 is 0 Å². The molecule has 0 amide bonds. The van der Waals surface area contributed by atoms with E-state index < -0.39 is 0 Å². The molecule has 0 unspecified atom stereocenters. The van der Waals surface area contributed by atoms with Crippen molar-refractivity contribution in [1.29, 1.82) is 0 Å². The van der Waals surface area contributed by atoms with E-state index in [0.717, 1.165) is 0 Å². The second-order valence-electron chi connectivity index (χ2n) is 5.61. The van der Waals surface area contributed by atoms with Gasteiger partial charge in [0.25, 0.3) is 0 Å². The minimum atomic E-state index is -0.0733. The summed E-state index contributed by atoms with van der Waals surface area (Å²) in [7, 11) is 0. The van der Waals surface area contributed by atoms with Gasteiger partial charge in [0.05, 0.1) is 0 Å². The Morgan fingerprint density at radius 1 is 0.810 bits per heavy atom. The fraction of sp³-hybridized carbons (Fsp3) is 0.857. The number of nitrogens with two attached hydrogens (primary N) is 1. The fourth-order valence-electron chi connectivity index (χ4n) is 3.33. The quantitative estimate of drug-likeness (QED) is 0.463. The van der Waals surface area contributed by atoms with E-state index >= 15 is 0 Å². The molecule has 118 valence electrons. The van der Waals surface area contributed by atoms with E-state index in [1.165, 1.54) is 86.0 Å². The zero-order chi connectivity index (χ0) is 15.0. The van der Waals surface area contributed by atoms with E-state index in [0.29, 0.717) is 15.9 Å². The summed E-state index contributed by atoms with van der Waals surface area (Å²) < 4.78 is 0.505. The van der Waals surface area contributed by atoms with Gasteiger partial charge in [0, 0.05) is 0 Å². The maximum absolute atomic E-state index is 9.96. The third-order valence-corrected chi connectivity index (χ3v) is 4.76. The van der Waals surface area contributed by atoms with Gasteiger partial charge in [-0.25, -0.2) is 0 Å². The normalized spacial score (nSPS) is 19.6. The molecule has 4 nitrogen and oxygen atoms in total. The van der Waals surface area contributed by atoms with Gasteiger partial charge in [-0.3, -0.25) is 0 Å². The minimum absolute atomic E-state index is 0. The Morgan fingerprint density at radius 3 is 1.33 bits per heavy atom. The summed E-state index contributed by atoms with van der Waals surface area (Å²) in [5, 5.41) is 17.7. The predicted molar refractivity (Wildman–Crippen MR) is 92.3 cm³/mol. The van der Waals surface area contributed by atoms with E-state index in [-0.39, 0.29) is 33.4 Å². The molecule has 21 heavy (non-hydrogen) atoms. The van der Waals surface area contributed by atoms with Crippen LogP contribution in [0.5, 0.6) is 0 Å². The second-order valence-corrected chi connectivity index (χ2v) is 7.85. The summed E-state index contributed by atoms with van der Waals surface area (Å²) in [6.07, 6.45) is 13.3. The van der Waals surface area contributed by atoms with Crippen LogP contribution in [0.4, 0.5) is 0 Å². The first-order valence-electron chi connectivity index (χ1n) is 7.52. The predicted octanol–water partition coefficient (Wildman–Crippen LogP) is 0.507. The first kappa shape index (κ1) is 22.5. The van der Waals surface area contributed by atoms with Crippen LogP contribution in [0.2, 0.25) is 0 Å². The number of rotatable bonds is 3. The van der Waals surface area contributed by atoms with Crippen molar-refractivity contribution in [2.24, 2.45) is 5.73 Å². The van der Waals surface area contributed by atoms with Crippen LogP contribution in [-0.2, 0) is 0 Å². The molecule has 0 atom stereocenters. The molecule has 0 aliphatic heterocycles. The molecule has 0 aromatic rings. The van der Waals surface area contributed by atoms with Crippen molar-refractivity contribution in [1.82, 2.24) is 4.90 Å². The number of hydrogen-bond donors (Lipinski definition) is 3. The molecular weight excluding hydrogens is 506 g/mol. The van der Waals surface area contributed by atoms with Crippen molar-refractivity contribution in [2.75, 3.05) is 0 Å². The van der Waals surface area contributed by atoms with Crippen LogP contribution in [0, 0.1) is 0 Å². The molecule has 0 radical (unpaired) electrons. The average Bonchev–Trinajstić information content (AvgIpc) is 2.40. The van der Waals surface area contributed by atoms with Crippen molar-refractivity contribution >= 4 is 80.9 Å². The molecule has 0 heterocycles. The molecule has 4 N–H and O–H groups in total. The van der Waals surface area contributed by atoms with Gasteiger partial charge in [-0.05, 0) is 0 Å². The van der Waals surface area contributed by atoms with E-state index in [1.54, 1.807) is 21.8 Å². The monoisotopic (exact) mass is 538 g/mol. The van der Waals surface area contributed by atoms with Gasteiger partial charge in [0.15, 0.2) is 0 Å². The topological polar surface area (TPSA) is 69.7 Å². The van der Waals surface area contributed by atoms with E-state index in [9.17, 15) is 5.11 Å². The van der Waals surface area contributed by atoms with Crippen LogP contribution in [0.15, 0.2) is 0 Å². The van der Waals surface area contributed by atoms with Gasteiger partial charge >= 0.3 is 178 Å². The van der Waals surface area contributed by atoms with Crippen LogP contribution < -0.4 is 5.73 Å². The summed E-state index contributed by atoms with van der Waals surface area (Å²) in [4.78, 5) is 2.36. The first-order chi connectivity index (χ1) is 9.52. The van der Waals surface area contributed by atoms with Gasteiger partial charge in [0.2, 0.25) is 0 Å². The molecule has 0 aromatic carbocycles. The molecule has 2 saturated carbocycles. The van der Waals surface area contributed by atoms with E-state index in [4.69, 9.17) is 5.11 Å². The standard InChI is InChI=1S/C13H23NOTe.CH3NOTe.Na.H/c15-13(16)14(11-7-3-1-4-8-11)12-9-5-2-6-10-12;2-1(3)4;;/h11-12H,1-10H2,(H,15,16);(H3,2,3,4);;. The number of hydrogen-bond acceptors (Lipinski definition) is 4. The molecule has 0 saturated heterocycles. The molecule has 7 heteroatoms. The summed E-state index contributed by atoms with van der Waals surface area (Å²) in [5.41, 5.74) is 4.59. The van der Waals surface area contributed by atoms with Crippen molar-refractivity contribution < 1.29 is 10.2 Å². The Kier molecular flexibility index (Phi) is 13.8. The van der Waals surface area contributed by atoms with Crippen LogP contribution in [0.1, 0.15) is 64.2 Å². The Labute approximate surface area is 176 Å². The van der Waals surface area contributed by atoms with Crippen LogP contribution in [-0.4, -0.2) is 108 Å². The molecule has 2 aliphatic rings. The zero-order valence-corrected chi connectivity index (χ0v) is 16.6. The van der Waals surface area contributed by atoms with E-state index in [1.807, 2.05) is 0 Å². The number of nitrogens with zero attached hydrogens (tertiary/aromatic N) is 1. The Bertz CT molecular complexity index is 298. The summed E-state index contributed by atoms with van der Waals surface area (Å²) in [6.45, 7) is 0. The van der Waals surface area contributed by atoms with Crippen LogP contribution in [0.3, 0.4) is 0 Å². The summed E-state index contributed by atoms with van der Waals surface area (Å²) in [5.74, 6) is 0. The van der Waals surface area contributed by atoms with Crippen molar-refractivity contribution in [3.8, 4) is 0 Å². The zero-order valence-electron chi connectivity index (χ0n) is 12.0. The third-order valence-electron chi connectivity index (χ3n) is 4.16. The average molecular weight is 534 g/mol. The van der Waals surface area contributed by atoms with Gasteiger partial charge in [0.1, 0.15) is 0 Å². The van der Waals surface area contributed by atoms with Crippen molar-refractivity contribution in [3.05, 3.63) is 0 Å². The van der Waals surface area contributed by atoms with Crippen molar-refractivity contribution in [2.45, 2.75) is 76.3 Å². The molecular formula is C14H27N2NaO2Te2. The first-order valence-corrected chi connectivity index (χ1v) is 9.85. The number of aliphatic hydroxyl groups excluding tert-OH is 2. The number of aliphatic hydroxyl groups is 2. The maximum atomic E-state index is 9.96. The van der Waals surface area contributed by atoms with Gasteiger partial charge in [-0.15, -0.1) is 0 Å². The summed E-state index contributed by atoms with van der Waals surface area (Å²) in [6, 6.07) is 1.26. The molecule has 2 aliphatic carbocycles.